The third kappa shape index (κ3) is 5.82. The van der Waals surface area contributed by atoms with Gasteiger partial charge in [0.25, 0.3) is 0 Å². The summed E-state index contributed by atoms with van der Waals surface area (Å²) in [5.41, 5.74) is 1.83. The molecular weight excluding hydrogens is 361 g/mol. The van der Waals surface area contributed by atoms with Crippen molar-refractivity contribution in [2.24, 2.45) is 0 Å². The molecule has 0 fully saturated rings. The molecule has 0 aliphatic rings. The molecule has 5 nitrogen and oxygen atoms in total. The molecule has 0 saturated carbocycles. The highest BCUT2D eigenvalue weighted by atomic mass is 32.2. The summed E-state index contributed by atoms with van der Waals surface area (Å²) in [4.78, 5) is 28.6. The van der Waals surface area contributed by atoms with Crippen LogP contribution in [-0.2, 0) is 16.0 Å². The summed E-state index contributed by atoms with van der Waals surface area (Å²) in [6, 6.07) is 3.43. The lowest BCUT2D eigenvalue weighted by molar-refractivity contribution is -0.125. The van der Waals surface area contributed by atoms with E-state index in [0.29, 0.717) is 11.4 Å². The number of aromatic nitrogens is 1. The van der Waals surface area contributed by atoms with Gasteiger partial charge in [-0.15, -0.1) is 11.3 Å². The van der Waals surface area contributed by atoms with Gasteiger partial charge in [-0.2, -0.15) is 0 Å². The molecule has 1 unspecified atom stereocenters. The lowest BCUT2D eigenvalue weighted by Crippen LogP contribution is -2.42. The minimum Gasteiger partial charge on any atom is -0.344 e. The number of carbonyl (C=O) groups is 2. The van der Waals surface area contributed by atoms with Crippen LogP contribution in [0.4, 0.5) is 10.1 Å². The Morgan fingerprint density at radius 3 is 2.88 bits per heavy atom. The molecule has 1 atom stereocenters. The number of nitrogens with one attached hydrogen (secondary N) is 2. The summed E-state index contributed by atoms with van der Waals surface area (Å²) in [5.74, 6) is -0.183. The molecule has 0 saturated heterocycles. The molecule has 8 heteroatoms. The first kappa shape index (κ1) is 19.4. The first-order chi connectivity index (χ1) is 11.9. The molecule has 0 radical (unpaired) electrons. The zero-order valence-electron chi connectivity index (χ0n) is 14.3. The maximum Gasteiger partial charge on any atom is 0.246 e. The Morgan fingerprint density at radius 2 is 2.16 bits per heavy atom. The summed E-state index contributed by atoms with van der Waals surface area (Å²) in [7, 11) is 0. The largest absolute Gasteiger partial charge is 0.344 e. The average molecular weight is 381 g/mol. The number of nitrogens with zero attached hydrogens (tertiary/aromatic N) is 1. The molecule has 1 aromatic carbocycles. The van der Waals surface area contributed by atoms with Crippen LogP contribution in [0.3, 0.4) is 0 Å². The highest BCUT2D eigenvalue weighted by molar-refractivity contribution is 8.00. The normalized spacial score (nSPS) is 11.8. The third-order valence-corrected chi connectivity index (χ3v) is 5.32. The first-order valence-electron chi connectivity index (χ1n) is 7.82. The van der Waals surface area contributed by atoms with E-state index < -0.39 is 17.8 Å². The standard InChI is InChI=1S/C17H20FN3O2S2/c1-4-24-17-20-13(9-25-17)8-15(22)19-11(3)16(23)21-14-7-12(18)6-5-10(14)2/h5-7,9,11H,4,8H2,1-3H3,(H,19,22)(H,21,23). The van der Waals surface area contributed by atoms with E-state index in [0.717, 1.165) is 15.7 Å². The Bertz CT molecular complexity index is 764. The van der Waals surface area contributed by atoms with E-state index in [1.807, 2.05) is 12.3 Å². The fourth-order valence-corrected chi connectivity index (χ4v) is 3.79. The minimum atomic E-state index is -0.738. The second-order valence-corrected chi connectivity index (χ2v) is 7.82. The molecule has 2 aromatic rings. The molecule has 2 amide bonds. The van der Waals surface area contributed by atoms with Crippen LogP contribution in [0.25, 0.3) is 0 Å². The quantitative estimate of drug-likeness (QED) is 0.721. The topological polar surface area (TPSA) is 71.1 Å². The van der Waals surface area contributed by atoms with E-state index in [4.69, 9.17) is 0 Å². The molecule has 25 heavy (non-hydrogen) atoms. The monoisotopic (exact) mass is 381 g/mol. The lowest BCUT2D eigenvalue weighted by atomic mass is 10.2. The number of hydrogen-bond donors (Lipinski definition) is 2. The van der Waals surface area contributed by atoms with Gasteiger partial charge in [-0.25, -0.2) is 9.37 Å². The predicted octanol–water partition coefficient (Wildman–Crippen LogP) is 3.39. The molecule has 0 bridgehead atoms. The Morgan fingerprint density at radius 1 is 1.40 bits per heavy atom. The van der Waals surface area contributed by atoms with Gasteiger partial charge in [0.2, 0.25) is 11.8 Å². The smallest absolute Gasteiger partial charge is 0.246 e. The molecular formula is C17H20FN3O2S2. The van der Waals surface area contributed by atoms with Crippen LogP contribution in [-0.4, -0.2) is 28.6 Å². The van der Waals surface area contributed by atoms with Crippen molar-refractivity contribution < 1.29 is 14.0 Å². The van der Waals surface area contributed by atoms with Gasteiger partial charge in [0.15, 0.2) is 0 Å². The maximum absolute atomic E-state index is 13.3. The molecule has 134 valence electrons. The number of amides is 2. The van der Waals surface area contributed by atoms with Gasteiger partial charge >= 0.3 is 0 Å². The van der Waals surface area contributed by atoms with E-state index in [9.17, 15) is 14.0 Å². The van der Waals surface area contributed by atoms with Gasteiger partial charge in [-0.1, -0.05) is 24.8 Å². The molecule has 2 N–H and O–H groups in total. The van der Waals surface area contributed by atoms with Gasteiger partial charge in [0, 0.05) is 11.1 Å². The molecule has 1 aromatic heterocycles. The number of thioether (sulfide) groups is 1. The van der Waals surface area contributed by atoms with Gasteiger partial charge in [-0.05, 0) is 37.3 Å². The molecule has 2 rings (SSSR count). The minimum absolute atomic E-state index is 0.122. The van der Waals surface area contributed by atoms with Crippen molar-refractivity contribution in [2.45, 2.75) is 37.6 Å². The number of carbonyl (C=O) groups excluding carboxylic acids is 2. The Kier molecular flexibility index (Phi) is 6.95. The Hall–Kier alpha value is -1.93. The van der Waals surface area contributed by atoms with Gasteiger partial charge in [0.1, 0.15) is 16.2 Å². The van der Waals surface area contributed by atoms with Gasteiger partial charge in [0.05, 0.1) is 12.1 Å². The highest BCUT2D eigenvalue weighted by Gasteiger charge is 2.17. The SMILES string of the molecule is CCSc1nc(CC(=O)NC(C)C(=O)Nc2cc(F)ccc2C)cs1. The number of benzene rings is 1. The number of hydrogen-bond acceptors (Lipinski definition) is 5. The Labute approximate surface area is 154 Å². The van der Waals surface area contributed by atoms with Crippen LogP contribution in [0, 0.1) is 12.7 Å². The second-order valence-electron chi connectivity index (χ2n) is 5.45. The average Bonchev–Trinajstić information content (AvgIpc) is 2.98. The van der Waals surface area contributed by atoms with Crippen LogP contribution in [0.2, 0.25) is 0 Å². The summed E-state index contributed by atoms with van der Waals surface area (Å²) in [5, 5.41) is 7.11. The second kappa shape index (κ2) is 8.96. The van der Waals surface area contributed by atoms with Gasteiger partial charge in [-0.3, -0.25) is 9.59 Å². The zero-order valence-corrected chi connectivity index (χ0v) is 15.9. The van der Waals surface area contributed by atoms with Crippen LogP contribution in [0.1, 0.15) is 25.1 Å². The lowest BCUT2D eigenvalue weighted by Gasteiger charge is -2.15. The van der Waals surface area contributed by atoms with Crippen molar-refractivity contribution in [1.29, 1.82) is 0 Å². The fourth-order valence-electron chi connectivity index (χ4n) is 2.05. The van der Waals surface area contributed by atoms with E-state index in [2.05, 4.69) is 15.6 Å². The number of thiazole rings is 1. The van der Waals surface area contributed by atoms with Crippen LogP contribution < -0.4 is 10.6 Å². The highest BCUT2D eigenvalue weighted by Crippen LogP contribution is 2.22. The van der Waals surface area contributed by atoms with E-state index in [1.165, 1.54) is 23.5 Å². The predicted molar refractivity (Wildman–Crippen MR) is 99.6 cm³/mol. The maximum atomic E-state index is 13.3. The van der Waals surface area contributed by atoms with E-state index in [-0.39, 0.29) is 12.3 Å². The van der Waals surface area contributed by atoms with Gasteiger partial charge < -0.3 is 10.6 Å². The summed E-state index contributed by atoms with van der Waals surface area (Å²) in [6.07, 6.45) is 0.122. The zero-order chi connectivity index (χ0) is 18.4. The Balaban J connectivity index is 1.89. The van der Waals surface area contributed by atoms with Crippen molar-refractivity contribution >= 4 is 40.6 Å². The molecule has 0 aliphatic carbocycles. The molecule has 1 heterocycles. The van der Waals surface area contributed by atoms with Crippen molar-refractivity contribution in [3.63, 3.8) is 0 Å². The van der Waals surface area contributed by atoms with Crippen LogP contribution in [0.15, 0.2) is 27.9 Å². The third-order valence-electron chi connectivity index (χ3n) is 3.37. The molecule has 0 spiro atoms. The number of halogens is 1. The fraction of sp³-hybridized carbons (Fsp3) is 0.353. The summed E-state index contributed by atoms with van der Waals surface area (Å²) < 4.78 is 14.2. The van der Waals surface area contributed by atoms with Crippen LogP contribution >= 0.6 is 23.1 Å². The molecule has 0 aliphatic heterocycles. The van der Waals surface area contributed by atoms with Crippen molar-refractivity contribution in [1.82, 2.24) is 10.3 Å². The van der Waals surface area contributed by atoms with E-state index >= 15 is 0 Å². The summed E-state index contributed by atoms with van der Waals surface area (Å²) >= 11 is 3.13. The van der Waals surface area contributed by atoms with Crippen LogP contribution in [0.5, 0.6) is 0 Å². The summed E-state index contributed by atoms with van der Waals surface area (Å²) in [6.45, 7) is 5.40. The first-order valence-corrected chi connectivity index (χ1v) is 9.69. The number of rotatable bonds is 7. The number of aryl methyl sites for hydroxylation is 1. The van der Waals surface area contributed by atoms with E-state index in [1.54, 1.807) is 31.7 Å². The number of anilines is 1. The van der Waals surface area contributed by atoms with Crippen molar-refractivity contribution in [3.8, 4) is 0 Å². The van der Waals surface area contributed by atoms with Crippen molar-refractivity contribution in [2.75, 3.05) is 11.1 Å². The van der Waals surface area contributed by atoms with Crippen molar-refractivity contribution in [3.05, 3.63) is 40.7 Å².